The third kappa shape index (κ3) is 4.40. The molecular weight excluding hydrogens is 368 g/mol. The number of carbonyl (C=O) groups excluding carboxylic acids is 1. The fraction of sp³-hybridized carbons (Fsp3) is 0.182. The van der Waals surface area contributed by atoms with E-state index >= 15 is 0 Å². The predicted octanol–water partition coefficient (Wildman–Crippen LogP) is 4.42. The topological polar surface area (TPSA) is 58.4 Å². The van der Waals surface area contributed by atoms with Crippen molar-refractivity contribution < 1.29 is 4.79 Å². The second-order valence-electron chi connectivity index (χ2n) is 6.60. The van der Waals surface area contributed by atoms with Gasteiger partial charge in [-0.25, -0.2) is 9.78 Å². The number of rotatable bonds is 7. The van der Waals surface area contributed by atoms with Crippen LogP contribution < -0.4 is 10.6 Å². The molecule has 0 fully saturated rings. The van der Waals surface area contributed by atoms with Crippen molar-refractivity contribution in [2.45, 2.75) is 18.9 Å². The number of hydrogen-bond donors (Lipinski definition) is 2. The summed E-state index contributed by atoms with van der Waals surface area (Å²) in [6, 6.07) is 20.7. The molecule has 0 saturated carbocycles. The van der Waals surface area contributed by atoms with Crippen LogP contribution in [0.5, 0.6) is 0 Å². The minimum absolute atomic E-state index is 0.170. The first-order chi connectivity index (χ1) is 13.8. The number of nitrogens with one attached hydrogen (secondary N) is 2. The first-order valence-electron chi connectivity index (χ1n) is 9.32. The van der Waals surface area contributed by atoms with E-state index in [4.69, 9.17) is 0 Å². The summed E-state index contributed by atoms with van der Waals surface area (Å²) in [7, 11) is 0. The van der Waals surface area contributed by atoms with Gasteiger partial charge >= 0.3 is 6.03 Å². The van der Waals surface area contributed by atoms with Gasteiger partial charge in [0.25, 0.3) is 0 Å². The molecule has 4 aromatic rings. The Bertz CT molecular complexity index is 958. The number of imidazole rings is 1. The third-order valence-corrected chi connectivity index (χ3v) is 5.47. The van der Waals surface area contributed by atoms with E-state index in [1.54, 1.807) is 11.3 Å². The van der Waals surface area contributed by atoms with Crippen molar-refractivity contribution in [3.05, 3.63) is 95.3 Å². The summed E-state index contributed by atoms with van der Waals surface area (Å²) in [5, 5.41) is 7.84. The second-order valence-corrected chi connectivity index (χ2v) is 7.47. The maximum absolute atomic E-state index is 12.2. The molecular formula is C22H22N4OS. The Hall–Kier alpha value is -3.12. The minimum Gasteiger partial charge on any atom is -0.338 e. The number of fused-ring (bicyclic) bond motifs is 1. The Labute approximate surface area is 168 Å². The molecule has 2 aromatic carbocycles. The van der Waals surface area contributed by atoms with Gasteiger partial charge in [-0.2, -0.15) is 0 Å². The lowest BCUT2D eigenvalue weighted by atomic mass is 9.88. The molecule has 2 aromatic heterocycles. The lowest BCUT2D eigenvalue weighted by Crippen LogP contribution is -2.36. The van der Waals surface area contributed by atoms with Crippen molar-refractivity contribution in [2.75, 3.05) is 6.54 Å². The molecule has 0 radical (unpaired) electrons. The standard InChI is InChI=1S/C22H22N4OS/c27-21(24-15-19-16-26-13-14-28-22(26)25-19)23-12-11-20(17-7-3-1-4-8-17)18-9-5-2-6-10-18/h1-10,13-14,16,20H,11-12,15H2,(H2,23,24,27). The zero-order chi connectivity index (χ0) is 19.2. The number of thiazole rings is 1. The summed E-state index contributed by atoms with van der Waals surface area (Å²) in [6.45, 7) is 1.01. The number of amides is 2. The van der Waals surface area contributed by atoms with Gasteiger partial charge in [-0.3, -0.25) is 4.40 Å². The summed E-state index contributed by atoms with van der Waals surface area (Å²) in [5.41, 5.74) is 3.37. The fourth-order valence-electron chi connectivity index (χ4n) is 3.32. The van der Waals surface area contributed by atoms with Crippen LogP contribution in [-0.2, 0) is 6.54 Å². The summed E-state index contributed by atoms with van der Waals surface area (Å²) >= 11 is 1.58. The van der Waals surface area contributed by atoms with E-state index in [0.29, 0.717) is 13.1 Å². The molecule has 0 aliphatic carbocycles. The van der Waals surface area contributed by atoms with Crippen LogP contribution in [0.1, 0.15) is 29.2 Å². The number of benzene rings is 2. The lowest BCUT2D eigenvalue weighted by molar-refractivity contribution is 0.240. The molecule has 142 valence electrons. The van der Waals surface area contributed by atoms with Gasteiger partial charge < -0.3 is 10.6 Å². The number of urea groups is 1. The molecule has 6 heteroatoms. The van der Waals surface area contributed by atoms with Gasteiger partial charge in [0.15, 0.2) is 4.96 Å². The molecule has 0 aliphatic heterocycles. The van der Waals surface area contributed by atoms with Gasteiger partial charge in [0.2, 0.25) is 0 Å². The highest BCUT2D eigenvalue weighted by Crippen LogP contribution is 2.27. The van der Waals surface area contributed by atoms with Crippen LogP contribution in [0.2, 0.25) is 0 Å². The highest BCUT2D eigenvalue weighted by atomic mass is 32.1. The lowest BCUT2D eigenvalue weighted by Gasteiger charge is -2.18. The van der Waals surface area contributed by atoms with E-state index in [0.717, 1.165) is 17.1 Å². The van der Waals surface area contributed by atoms with Gasteiger partial charge in [0, 0.05) is 30.2 Å². The molecule has 2 amide bonds. The highest BCUT2D eigenvalue weighted by Gasteiger charge is 2.14. The van der Waals surface area contributed by atoms with Gasteiger partial charge in [-0.05, 0) is 17.5 Å². The van der Waals surface area contributed by atoms with E-state index in [2.05, 4.69) is 64.1 Å². The van der Waals surface area contributed by atoms with Gasteiger partial charge in [0.1, 0.15) is 0 Å². The Morgan fingerprint density at radius 1 is 1.00 bits per heavy atom. The van der Waals surface area contributed by atoms with E-state index < -0.39 is 0 Å². The van der Waals surface area contributed by atoms with Crippen molar-refractivity contribution in [3.8, 4) is 0 Å². The zero-order valence-corrected chi connectivity index (χ0v) is 16.2. The normalized spacial score (nSPS) is 11.0. The Balaban J connectivity index is 1.31. The van der Waals surface area contributed by atoms with Crippen molar-refractivity contribution in [2.24, 2.45) is 0 Å². The van der Waals surface area contributed by atoms with Crippen LogP contribution in [-0.4, -0.2) is 22.0 Å². The number of aromatic nitrogens is 2. The fourth-order valence-corrected chi connectivity index (χ4v) is 4.04. The summed E-state index contributed by atoms with van der Waals surface area (Å²) in [4.78, 5) is 17.6. The average Bonchev–Trinajstić information content (AvgIpc) is 3.33. The maximum atomic E-state index is 12.2. The average molecular weight is 391 g/mol. The van der Waals surface area contributed by atoms with Crippen LogP contribution >= 0.6 is 11.3 Å². The molecule has 2 heterocycles. The second kappa shape index (κ2) is 8.71. The van der Waals surface area contributed by atoms with E-state index in [1.165, 1.54) is 11.1 Å². The monoisotopic (exact) mass is 390 g/mol. The van der Waals surface area contributed by atoms with Crippen molar-refractivity contribution in [1.82, 2.24) is 20.0 Å². The molecule has 5 nitrogen and oxygen atoms in total. The molecule has 4 rings (SSSR count). The SMILES string of the molecule is O=C(NCCC(c1ccccc1)c1ccccc1)NCc1cn2ccsc2n1. The summed E-state index contributed by atoms with van der Waals surface area (Å²) < 4.78 is 1.96. The molecule has 0 spiro atoms. The molecule has 28 heavy (non-hydrogen) atoms. The summed E-state index contributed by atoms with van der Waals surface area (Å²) in [5.74, 6) is 0.252. The Kier molecular flexibility index (Phi) is 5.68. The van der Waals surface area contributed by atoms with Gasteiger partial charge in [-0.15, -0.1) is 11.3 Å². The minimum atomic E-state index is -0.170. The summed E-state index contributed by atoms with van der Waals surface area (Å²) in [6.07, 6.45) is 4.73. The van der Waals surface area contributed by atoms with Crippen LogP contribution in [0.3, 0.4) is 0 Å². The largest absolute Gasteiger partial charge is 0.338 e. The third-order valence-electron chi connectivity index (χ3n) is 4.70. The van der Waals surface area contributed by atoms with Crippen molar-refractivity contribution in [1.29, 1.82) is 0 Å². The first-order valence-corrected chi connectivity index (χ1v) is 10.2. The molecule has 0 aliphatic rings. The molecule has 0 bridgehead atoms. The van der Waals surface area contributed by atoms with Crippen LogP contribution in [0, 0.1) is 0 Å². The number of carbonyl (C=O) groups is 1. The van der Waals surface area contributed by atoms with Crippen LogP contribution in [0.25, 0.3) is 4.96 Å². The zero-order valence-electron chi connectivity index (χ0n) is 15.4. The quantitative estimate of drug-likeness (QED) is 0.491. The maximum Gasteiger partial charge on any atom is 0.315 e. The van der Waals surface area contributed by atoms with Crippen molar-refractivity contribution in [3.63, 3.8) is 0 Å². The van der Waals surface area contributed by atoms with Crippen molar-refractivity contribution >= 4 is 22.3 Å². The van der Waals surface area contributed by atoms with Gasteiger partial charge in [0.05, 0.1) is 12.2 Å². The smallest absolute Gasteiger partial charge is 0.315 e. The Morgan fingerprint density at radius 3 is 2.32 bits per heavy atom. The van der Waals surface area contributed by atoms with Gasteiger partial charge in [-0.1, -0.05) is 60.7 Å². The highest BCUT2D eigenvalue weighted by molar-refractivity contribution is 7.15. The number of hydrogen-bond acceptors (Lipinski definition) is 3. The molecule has 0 saturated heterocycles. The number of nitrogens with zero attached hydrogens (tertiary/aromatic N) is 2. The molecule has 2 N–H and O–H groups in total. The Morgan fingerprint density at radius 2 is 1.68 bits per heavy atom. The van der Waals surface area contributed by atoms with Crippen LogP contribution in [0.15, 0.2) is 78.4 Å². The predicted molar refractivity (Wildman–Crippen MR) is 113 cm³/mol. The van der Waals surface area contributed by atoms with E-state index in [1.807, 2.05) is 34.3 Å². The van der Waals surface area contributed by atoms with E-state index in [9.17, 15) is 4.79 Å². The first kappa shape index (κ1) is 18.3. The molecule has 0 atom stereocenters. The van der Waals surface area contributed by atoms with E-state index in [-0.39, 0.29) is 11.9 Å². The molecule has 0 unspecified atom stereocenters. The van der Waals surface area contributed by atoms with Crippen LogP contribution in [0.4, 0.5) is 4.79 Å².